The molecule has 116 valence electrons. The molecule has 0 aliphatic rings. The maximum absolute atomic E-state index is 11.8. The number of ether oxygens (including phenoxy) is 1. The van der Waals surface area contributed by atoms with Gasteiger partial charge in [0.25, 0.3) is 0 Å². The minimum absolute atomic E-state index is 0.175. The average molecular weight is 308 g/mol. The van der Waals surface area contributed by atoms with E-state index in [0.717, 1.165) is 27.6 Å². The largest absolute Gasteiger partial charge is 0.480 e. The molecule has 0 aliphatic heterocycles. The number of carbonyl (C=O) groups excluding carboxylic acids is 1. The lowest BCUT2D eigenvalue weighted by molar-refractivity contribution is -0.116. The first-order valence-electron chi connectivity index (χ1n) is 7.09. The Hall–Kier alpha value is -3.15. The zero-order valence-corrected chi connectivity index (χ0v) is 12.8. The van der Waals surface area contributed by atoms with E-state index < -0.39 is 0 Å². The number of benzene rings is 1. The first-order chi connectivity index (χ1) is 11.2. The molecule has 1 amide bonds. The van der Waals surface area contributed by atoms with Gasteiger partial charge in [0, 0.05) is 31.1 Å². The summed E-state index contributed by atoms with van der Waals surface area (Å²) in [5.74, 6) is 0.371. The van der Waals surface area contributed by atoms with Crippen LogP contribution in [0.2, 0.25) is 0 Å². The number of methoxy groups -OCH3 is 1. The summed E-state index contributed by atoms with van der Waals surface area (Å²) in [5.41, 5.74) is 3.38. The fourth-order valence-corrected chi connectivity index (χ4v) is 2.38. The van der Waals surface area contributed by atoms with E-state index in [0.29, 0.717) is 5.88 Å². The number of aromatic nitrogens is 3. The van der Waals surface area contributed by atoms with E-state index in [2.05, 4.69) is 20.5 Å². The molecule has 2 heterocycles. The lowest BCUT2D eigenvalue weighted by Crippen LogP contribution is -2.15. The van der Waals surface area contributed by atoms with Gasteiger partial charge in [-0.3, -0.25) is 14.9 Å². The third kappa shape index (κ3) is 2.91. The summed E-state index contributed by atoms with van der Waals surface area (Å²) < 4.78 is 5.20. The molecule has 0 spiro atoms. The van der Waals surface area contributed by atoms with Crippen LogP contribution in [0.3, 0.4) is 0 Å². The maximum Gasteiger partial charge on any atom is 0.244 e. The topological polar surface area (TPSA) is 79.9 Å². The highest BCUT2D eigenvalue weighted by Crippen LogP contribution is 2.28. The first-order valence-corrected chi connectivity index (χ1v) is 7.09. The highest BCUT2D eigenvalue weighted by atomic mass is 16.5. The summed E-state index contributed by atoms with van der Waals surface area (Å²) in [6.45, 7) is 0. The van der Waals surface area contributed by atoms with Crippen LogP contribution in [0.15, 0.2) is 48.8 Å². The van der Waals surface area contributed by atoms with E-state index in [4.69, 9.17) is 4.74 Å². The number of H-pyrrole nitrogens is 1. The maximum atomic E-state index is 11.8. The molecule has 0 radical (unpaired) electrons. The van der Waals surface area contributed by atoms with Crippen LogP contribution in [0.4, 0.5) is 0 Å². The summed E-state index contributed by atoms with van der Waals surface area (Å²) in [5, 5.41) is 10.5. The van der Waals surface area contributed by atoms with Crippen molar-refractivity contribution in [3.63, 3.8) is 0 Å². The molecule has 0 atom stereocenters. The van der Waals surface area contributed by atoms with E-state index in [1.54, 1.807) is 32.6 Å². The highest BCUT2D eigenvalue weighted by Gasteiger charge is 2.11. The average Bonchev–Trinajstić information content (AvgIpc) is 3.02. The fraction of sp³-hybridized carbons (Fsp3) is 0.118. The van der Waals surface area contributed by atoms with Gasteiger partial charge in [0.2, 0.25) is 11.8 Å². The van der Waals surface area contributed by atoms with Crippen molar-refractivity contribution in [1.82, 2.24) is 20.5 Å². The molecule has 2 N–H and O–H groups in total. The minimum Gasteiger partial charge on any atom is -0.480 e. The molecule has 0 unspecified atom stereocenters. The monoisotopic (exact) mass is 308 g/mol. The number of fused-ring (bicyclic) bond motifs is 1. The Morgan fingerprint density at radius 1 is 1.30 bits per heavy atom. The van der Waals surface area contributed by atoms with Crippen LogP contribution in [-0.2, 0) is 4.79 Å². The Labute approximate surface area is 133 Å². The SMILES string of the molecule is CNC(=O)C=C(c1cccnc1)c1ccc2c(OC)n[nH]c2c1. The fourth-order valence-electron chi connectivity index (χ4n) is 2.38. The number of aromatic amines is 1. The van der Waals surface area contributed by atoms with Crippen molar-refractivity contribution >= 4 is 22.4 Å². The van der Waals surface area contributed by atoms with Gasteiger partial charge in [-0.1, -0.05) is 12.1 Å². The third-order valence-corrected chi connectivity index (χ3v) is 3.53. The standard InChI is InChI=1S/C17H16N4O2/c1-18-16(22)9-14(12-4-3-7-19-10-12)11-5-6-13-15(8-11)20-21-17(13)23-2/h3-10H,1-2H3,(H,18,22)(H,20,21). The second-order valence-corrected chi connectivity index (χ2v) is 4.91. The zero-order chi connectivity index (χ0) is 16.2. The molecule has 23 heavy (non-hydrogen) atoms. The van der Waals surface area contributed by atoms with Crippen LogP contribution < -0.4 is 10.1 Å². The number of hydrogen-bond donors (Lipinski definition) is 2. The molecule has 0 aliphatic carbocycles. The zero-order valence-electron chi connectivity index (χ0n) is 12.8. The summed E-state index contributed by atoms with van der Waals surface area (Å²) in [6.07, 6.45) is 4.99. The number of pyridine rings is 1. The number of hydrogen-bond acceptors (Lipinski definition) is 4. The number of likely N-dealkylation sites (N-methyl/N-ethyl adjacent to an activating group) is 1. The smallest absolute Gasteiger partial charge is 0.244 e. The second kappa shape index (κ2) is 6.31. The minimum atomic E-state index is -0.175. The second-order valence-electron chi connectivity index (χ2n) is 4.91. The van der Waals surface area contributed by atoms with Gasteiger partial charge >= 0.3 is 0 Å². The Bertz CT molecular complexity index is 869. The lowest BCUT2D eigenvalue weighted by atomic mass is 9.98. The molecule has 6 nitrogen and oxygen atoms in total. The van der Waals surface area contributed by atoms with Crippen molar-refractivity contribution in [2.24, 2.45) is 0 Å². The Morgan fingerprint density at radius 3 is 2.87 bits per heavy atom. The van der Waals surface area contributed by atoms with Gasteiger partial charge in [-0.15, -0.1) is 5.10 Å². The van der Waals surface area contributed by atoms with Crippen LogP contribution in [0.1, 0.15) is 11.1 Å². The van der Waals surface area contributed by atoms with Crippen molar-refractivity contribution in [2.75, 3.05) is 14.2 Å². The van der Waals surface area contributed by atoms with E-state index >= 15 is 0 Å². The normalized spacial score (nSPS) is 11.5. The van der Waals surface area contributed by atoms with Crippen LogP contribution in [-0.4, -0.2) is 35.2 Å². The molecule has 0 fully saturated rings. The first kappa shape index (κ1) is 14.8. The predicted molar refractivity (Wildman–Crippen MR) is 88.0 cm³/mol. The van der Waals surface area contributed by atoms with E-state index in [-0.39, 0.29) is 5.91 Å². The van der Waals surface area contributed by atoms with Crippen molar-refractivity contribution in [3.8, 4) is 5.88 Å². The van der Waals surface area contributed by atoms with E-state index in [9.17, 15) is 4.79 Å². The Kier molecular flexibility index (Phi) is 4.05. The summed E-state index contributed by atoms with van der Waals surface area (Å²) >= 11 is 0. The number of amides is 1. The predicted octanol–water partition coefficient (Wildman–Crippen LogP) is 2.14. The number of carbonyl (C=O) groups is 1. The van der Waals surface area contributed by atoms with E-state index in [1.165, 1.54) is 0 Å². The van der Waals surface area contributed by atoms with Gasteiger partial charge in [-0.25, -0.2) is 0 Å². The van der Waals surface area contributed by atoms with Crippen LogP contribution in [0, 0.1) is 0 Å². The van der Waals surface area contributed by atoms with Gasteiger partial charge in [0.05, 0.1) is 18.0 Å². The summed E-state index contributed by atoms with van der Waals surface area (Å²) in [7, 11) is 3.18. The molecule has 0 saturated heterocycles. The molecule has 2 aromatic heterocycles. The van der Waals surface area contributed by atoms with Crippen molar-refractivity contribution in [1.29, 1.82) is 0 Å². The molecule has 0 saturated carbocycles. The van der Waals surface area contributed by atoms with Gasteiger partial charge in [-0.2, -0.15) is 0 Å². The molecular weight excluding hydrogens is 292 g/mol. The van der Waals surface area contributed by atoms with Crippen molar-refractivity contribution < 1.29 is 9.53 Å². The molecule has 1 aromatic carbocycles. The van der Waals surface area contributed by atoms with Gasteiger partial charge in [0.15, 0.2) is 0 Å². The van der Waals surface area contributed by atoms with Gasteiger partial charge in [-0.05, 0) is 29.3 Å². The number of rotatable bonds is 4. The molecular formula is C17H16N4O2. The van der Waals surface area contributed by atoms with Gasteiger partial charge < -0.3 is 10.1 Å². The lowest BCUT2D eigenvalue weighted by Gasteiger charge is -2.08. The summed E-state index contributed by atoms with van der Waals surface area (Å²) in [6, 6.07) is 9.54. The van der Waals surface area contributed by atoms with Crippen LogP contribution in [0.5, 0.6) is 5.88 Å². The quantitative estimate of drug-likeness (QED) is 0.724. The molecule has 3 rings (SSSR count). The third-order valence-electron chi connectivity index (χ3n) is 3.53. The molecule has 6 heteroatoms. The van der Waals surface area contributed by atoms with Crippen molar-refractivity contribution in [2.45, 2.75) is 0 Å². The number of nitrogens with one attached hydrogen (secondary N) is 2. The molecule has 0 bridgehead atoms. The van der Waals surface area contributed by atoms with Crippen molar-refractivity contribution in [3.05, 3.63) is 59.9 Å². The number of nitrogens with zero attached hydrogens (tertiary/aromatic N) is 2. The molecule has 3 aromatic rings. The van der Waals surface area contributed by atoms with E-state index in [1.807, 2.05) is 30.3 Å². The summed E-state index contributed by atoms with van der Waals surface area (Å²) in [4.78, 5) is 16.0. The Balaban J connectivity index is 2.13. The highest BCUT2D eigenvalue weighted by molar-refractivity contribution is 6.00. The van der Waals surface area contributed by atoms with Crippen LogP contribution in [0.25, 0.3) is 16.5 Å². The van der Waals surface area contributed by atoms with Gasteiger partial charge in [0.1, 0.15) is 0 Å². The van der Waals surface area contributed by atoms with Crippen LogP contribution >= 0.6 is 0 Å². The Morgan fingerprint density at radius 2 is 2.17 bits per heavy atom.